The van der Waals surface area contributed by atoms with Crippen molar-refractivity contribution in [3.63, 3.8) is 0 Å². The molecule has 3 rings (SSSR count). The molecule has 0 aromatic heterocycles. The zero-order chi connectivity index (χ0) is 19.4. The number of hydrogen-bond donors (Lipinski definition) is 0. The Kier molecular flexibility index (Phi) is 6.30. The van der Waals surface area contributed by atoms with Gasteiger partial charge in [0.05, 0.1) is 0 Å². The summed E-state index contributed by atoms with van der Waals surface area (Å²) in [5.74, 6) is -0.200. The van der Waals surface area contributed by atoms with Gasteiger partial charge < -0.3 is 4.90 Å². The first-order valence-corrected chi connectivity index (χ1v) is 9.53. The predicted octanol–water partition coefficient (Wildman–Crippen LogP) is 4.61. The van der Waals surface area contributed by atoms with Crippen LogP contribution in [0.2, 0.25) is 5.02 Å². The Labute approximate surface area is 165 Å². The smallest absolute Gasteiger partial charge is 0.246 e. The summed E-state index contributed by atoms with van der Waals surface area (Å²) in [5.41, 5.74) is 2.03. The number of piperazine rings is 1. The Morgan fingerprint density at radius 1 is 1.07 bits per heavy atom. The third kappa shape index (κ3) is 5.18. The van der Waals surface area contributed by atoms with Crippen LogP contribution in [-0.4, -0.2) is 40.9 Å². The summed E-state index contributed by atoms with van der Waals surface area (Å²) in [6.45, 7) is 6.41. The van der Waals surface area contributed by atoms with Crippen LogP contribution in [-0.2, 0) is 11.3 Å². The molecule has 1 aliphatic rings. The van der Waals surface area contributed by atoms with E-state index >= 15 is 0 Å². The summed E-state index contributed by atoms with van der Waals surface area (Å²) in [5, 5.41) is 0.679. The molecule has 2 aromatic rings. The molecule has 2 atom stereocenters. The van der Waals surface area contributed by atoms with E-state index in [0.29, 0.717) is 11.6 Å². The third-order valence-electron chi connectivity index (χ3n) is 4.99. The predicted molar refractivity (Wildman–Crippen MR) is 108 cm³/mol. The fraction of sp³-hybridized carbons (Fsp3) is 0.318. The van der Waals surface area contributed by atoms with Gasteiger partial charge in [-0.25, -0.2) is 4.39 Å². The second-order valence-electron chi connectivity index (χ2n) is 7.13. The topological polar surface area (TPSA) is 23.6 Å². The standard InChI is InChI=1S/C22H24ClFN2O/c1-16-14-26(22(27)12-7-18-3-8-20(23)9-4-18)17(2)13-25(16)15-19-5-10-21(24)11-6-19/h3-12,16-17H,13-15H2,1-2H3/b12-7+. The summed E-state index contributed by atoms with van der Waals surface area (Å²) in [6, 6.07) is 14.4. The Hall–Kier alpha value is -2.17. The minimum absolute atomic E-state index is 0.0192. The average Bonchev–Trinajstić information content (AvgIpc) is 2.65. The molecule has 27 heavy (non-hydrogen) atoms. The van der Waals surface area contributed by atoms with Crippen LogP contribution in [0.25, 0.3) is 6.08 Å². The average molecular weight is 387 g/mol. The van der Waals surface area contributed by atoms with Gasteiger partial charge in [0.25, 0.3) is 0 Å². The molecule has 0 radical (unpaired) electrons. The van der Waals surface area contributed by atoms with Gasteiger partial charge in [0.2, 0.25) is 5.91 Å². The highest BCUT2D eigenvalue weighted by Gasteiger charge is 2.30. The molecular formula is C22H24ClFN2O. The van der Waals surface area contributed by atoms with Gasteiger partial charge in [-0.2, -0.15) is 0 Å². The lowest BCUT2D eigenvalue weighted by atomic mass is 10.1. The quantitative estimate of drug-likeness (QED) is 0.716. The number of carbonyl (C=O) groups excluding carboxylic acids is 1. The van der Waals surface area contributed by atoms with Crippen molar-refractivity contribution < 1.29 is 9.18 Å². The Bertz CT molecular complexity index is 804. The molecule has 1 heterocycles. The molecule has 0 saturated carbocycles. The summed E-state index contributed by atoms with van der Waals surface area (Å²) >= 11 is 5.89. The molecule has 0 bridgehead atoms. The molecule has 142 valence electrons. The monoisotopic (exact) mass is 386 g/mol. The van der Waals surface area contributed by atoms with Crippen molar-refractivity contribution in [2.24, 2.45) is 0 Å². The zero-order valence-electron chi connectivity index (χ0n) is 15.6. The van der Waals surface area contributed by atoms with Gasteiger partial charge >= 0.3 is 0 Å². The fourth-order valence-electron chi connectivity index (χ4n) is 3.39. The van der Waals surface area contributed by atoms with Crippen molar-refractivity contribution in [2.75, 3.05) is 13.1 Å². The maximum atomic E-state index is 13.1. The van der Waals surface area contributed by atoms with E-state index in [2.05, 4.69) is 18.7 Å². The van der Waals surface area contributed by atoms with Crippen LogP contribution in [0.3, 0.4) is 0 Å². The highest BCUT2D eigenvalue weighted by molar-refractivity contribution is 6.30. The van der Waals surface area contributed by atoms with E-state index in [-0.39, 0.29) is 23.8 Å². The number of carbonyl (C=O) groups is 1. The Balaban J connectivity index is 1.61. The molecule has 3 nitrogen and oxygen atoms in total. The summed E-state index contributed by atoms with van der Waals surface area (Å²) in [7, 11) is 0. The molecule has 5 heteroatoms. The van der Waals surface area contributed by atoms with Crippen molar-refractivity contribution in [1.82, 2.24) is 9.80 Å². The lowest BCUT2D eigenvalue weighted by Gasteiger charge is -2.44. The van der Waals surface area contributed by atoms with Crippen LogP contribution in [0.4, 0.5) is 4.39 Å². The highest BCUT2D eigenvalue weighted by atomic mass is 35.5. The zero-order valence-corrected chi connectivity index (χ0v) is 16.4. The molecule has 2 unspecified atom stereocenters. The van der Waals surface area contributed by atoms with Crippen molar-refractivity contribution in [3.05, 3.63) is 76.6 Å². The lowest BCUT2D eigenvalue weighted by Crippen LogP contribution is -2.57. The molecule has 2 aromatic carbocycles. The lowest BCUT2D eigenvalue weighted by molar-refractivity contribution is -0.131. The number of halogens is 2. The minimum atomic E-state index is -0.219. The molecule has 1 amide bonds. The SMILES string of the molecule is CC1CN(C(=O)/C=C/c2ccc(Cl)cc2)C(C)CN1Cc1ccc(F)cc1. The van der Waals surface area contributed by atoms with Crippen LogP contribution < -0.4 is 0 Å². The Morgan fingerprint density at radius 3 is 2.41 bits per heavy atom. The van der Waals surface area contributed by atoms with Gasteiger partial charge in [0.1, 0.15) is 5.82 Å². The third-order valence-corrected chi connectivity index (χ3v) is 5.24. The second-order valence-corrected chi connectivity index (χ2v) is 7.57. The van der Waals surface area contributed by atoms with Crippen LogP contribution in [0.15, 0.2) is 54.6 Å². The molecule has 0 spiro atoms. The minimum Gasteiger partial charge on any atom is -0.334 e. The highest BCUT2D eigenvalue weighted by Crippen LogP contribution is 2.19. The molecule has 0 N–H and O–H groups in total. The van der Waals surface area contributed by atoms with Gasteiger partial charge in [-0.1, -0.05) is 35.9 Å². The van der Waals surface area contributed by atoms with Crippen molar-refractivity contribution in [2.45, 2.75) is 32.5 Å². The van der Waals surface area contributed by atoms with Crippen LogP contribution >= 0.6 is 11.6 Å². The van der Waals surface area contributed by atoms with Gasteiger partial charge in [0.15, 0.2) is 0 Å². The first kappa shape index (κ1) is 19.6. The maximum Gasteiger partial charge on any atom is 0.246 e. The van der Waals surface area contributed by atoms with Crippen molar-refractivity contribution in [3.8, 4) is 0 Å². The second kappa shape index (κ2) is 8.68. The van der Waals surface area contributed by atoms with E-state index < -0.39 is 0 Å². The van der Waals surface area contributed by atoms with Gasteiger partial charge in [0, 0.05) is 42.8 Å². The summed E-state index contributed by atoms with van der Waals surface area (Å²) in [4.78, 5) is 16.9. The fourth-order valence-corrected chi connectivity index (χ4v) is 3.51. The number of rotatable bonds is 4. The Morgan fingerprint density at radius 2 is 1.74 bits per heavy atom. The maximum absolute atomic E-state index is 13.1. The molecule has 0 aliphatic carbocycles. The van der Waals surface area contributed by atoms with Crippen LogP contribution in [0, 0.1) is 5.82 Å². The van der Waals surface area contributed by atoms with E-state index in [1.54, 1.807) is 6.08 Å². The normalized spacial score (nSPS) is 21.0. The largest absolute Gasteiger partial charge is 0.334 e. The number of nitrogens with zero attached hydrogens (tertiary/aromatic N) is 2. The number of benzene rings is 2. The van der Waals surface area contributed by atoms with Gasteiger partial charge in [-0.3, -0.25) is 9.69 Å². The molecular weight excluding hydrogens is 363 g/mol. The van der Waals surface area contributed by atoms with Crippen molar-refractivity contribution >= 4 is 23.6 Å². The van der Waals surface area contributed by atoms with E-state index in [1.165, 1.54) is 12.1 Å². The first-order chi connectivity index (χ1) is 12.9. The van der Waals surface area contributed by atoms with E-state index in [4.69, 9.17) is 11.6 Å². The van der Waals surface area contributed by atoms with Gasteiger partial charge in [-0.15, -0.1) is 0 Å². The molecule has 1 aliphatic heterocycles. The number of amides is 1. The van der Waals surface area contributed by atoms with Crippen molar-refractivity contribution in [1.29, 1.82) is 0 Å². The summed E-state index contributed by atoms with van der Waals surface area (Å²) < 4.78 is 13.1. The first-order valence-electron chi connectivity index (χ1n) is 9.15. The molecule has 1 saturated heterocycles. The van der Waals surface area contributed by atoms with Crippen LogP contribution in [0.1, 0.15) is 25.0 Å². The van der Waals surface area contributed by atoms with E-state index in [1.807, 2.05) is 47.4 Å². The number of hydrogen-bond acceptors (Lipinski definition) is 2. The van der Waals surface area contributed by atoms with E-state index in [0.717, 1.165) is 24.2 Å². The molecule has 1 fully saturated rings. The van der Waals surface area contributed by atoms with Crippen LogP contribution in [0.5, 0.6) is 0 Å². The van der Waals surface area contributed by atoms with Gasteiger partial charge in [-0.05, 0) is 55.3 Å². The van der Waals surface area contributed by atoms with E-state index in [9.17, 15) is 9.18 Å². The summed E-state index contributed by atoms with van der Waals surface area (Å²) in [6.07, 6.45) is 3.45.